The summed E-state index contributed by atoms with van der Waals surface area (Å²) in [7, 11) is -3.42. The highest BCUT2D eigenvalue weighted by atomic mass is 35.5. The molecule has 27 heavy (non-hydrogen) atoms. The summed E-state index contributed by atoms with van der Waals surface area (Å²) in [6.07, 6.45) is 0.378. The zero-order valence-corrected chi connectivity index (χ0v) is 18.4. The van der Waals surface area contributed by atoms with E-state index in [-0.39, 0.29) is 0 Å². The van der Waals surface area contributed by atoms with Crippen LogP contribution in [0.4, 0.5) is 0 Å². The molecule has 7 heteroatoms. The van der Waals surface area contributed by atoms with E-state index in [2.05, 4.69) is 12.1 Å². The summed E-state index contributed by atoms with van der Waals surface area (Å²) < 4.78 is 26.2. The van der Waals surface area contributed by atoms with Crippen molar-refractivity contribution in [2.75, 3.05) is 13.2 Å². The van der Waals surface area contributed by atoms with Crippen LogP contribution >= 0.6 is 42.1 Å². The van der Waals surface area contributed by atoms with Crippen molar-refractivity contribution in [1.29, 1.82) is 0 Å². The Morgan fingerprint density at radius 2 is 1.63 bits per heavy atom. The first-order valence-corrected chi connectivity index (χ1v) is 12.0. The summed E-state index contributed by atoms with van der Waals surface area (Å²) in [6, 6.07) is 15.5. The predicted molar refractivity (Wildman–Crippen MR) is 116 cm³/mol. The quantitative estimate of drug-likeness (QED) is 0.334. The minimum absolute atomic E-state index is 0.301. The molecule has 0 aliphatic heterocycles. The number of hydrogen-bond donors (Lipinski definition) is 0. The van der Waals surface area contributed by atoms with E-state index in [1.165, 1.54) is 0 Å². The van der Waals surface area contributed by atoms with Crippen molar-refractivity contribution in [3.05, 3.63) is 69.0 Å². The Bertz CT molecular complexity index is 910. The molecule has 0 aliphatic rings. The normalized spacial score (nSPS) is 13.2. The maximum atomic E-state index is 13.7. The Morgan fingerprint density at radius 3 is 2.22 bits per heavy atom. The smallest absolute Gasteiger partial charge is 0.308 e. The third-order valence-corrected chi connectivity index (χ3v) is 8.81. The maximum absolute atomic E-state index is 13.7. The van der Waals surface area contributed by atoms with E-state index in [9.17, 15) is 4.57 Å². The molecule has 3 rings (SSSR count). The molecule has 1 aromatic heterocycles. The van der Waals surface area contributed by atoms with E-state index < -0.39 is 13.3 Å². The number of rotatable bonds is 8. The maximum Gasteiger partial charge on any atom is 0.339 e. The molecular weight excluding hydrogens is 422 g/mol. The van der Waals surface area contributed by atoms with E-state index in [4.69, 9.17) is 32.2 Å². The second kappa shape index (κ2) is 9.09. The number of benzene rings is 2. The van der Waals surface area contributed by atoms with Crippen molar-refractivity contribution >= 4 is 52.2 Å². The van der Waals surface area contributed by atoms with Crippen LogP contribution < -0.4 is 0 Å². The third kappa shape index (κ3) is 4.59. The first kappa shape index (κ1) is 20.9. The van der Waals surface area contributed by atoms with Crippen molar-refractivity contribution in [2.45, 2.75) is 25.9 Å². The molecule has 0 saturated heterocycles. The van der Waals surface area contributed by atoms with E-state index >= 15 is 0 Å². The van der Waals surface area contributed by atoms with Crippen LogP contribution in [0.1, 0.15) is 29.9 Å². The van der Waals surface area contributed by atoms with Crippen molar-refractivity contribution < 1.29 is 13.6 Å². The Kier molecular flexibility index (Phi) is 7.02. The lowest BCUT2D eigenvalue weighted by Crippen LogP contribution is -2.09. The van der Waals surface area contributed by atoms with Crippen molar-refractivity contribution in [3.63, 3.8) is 0 Å². The van der Waals surface area contributed by atoms with Crippen LogP contribution in [-0.2, 0) is 20.0 Å². The monoisotopic (exact) mass is 442 g/mol. The molecule has 3 nitrogen and oxygen atoms in total. The van der Waals surface area contributed by atoms with Gasteiger partial charge in [-0.15, -0.1) is 11.3 Å². The molecule has 0 spiro atoms. The van der Waals surface area contributed by atoms with Crippen LogP contribution in [-0.4, -0.2) is 13.2 Å². The standard InChI is InChI=1S/C20H21Cl2O3PS/c1-3-24-26(23,25-4-2)18(13-15-16(21)9-7-10-17(15)22)20-12-14-8-5-6-11-19(14)27-20/h5-12,18H,3-4,13H2,1-2H3. The largest absolute Gasteiger partial charge is 0.339 e. The fourth-order valence-corrected chi connectivity index (χ4v) is 7.13. The van der Waals surface area contributed by atoms with Gasteiger partial charge in [0.05, 0.1) is 18.9 Å². The van der Waals surface area contributed by atoms with Gasteiger partial charge < -0.3 is 9.05 Å². The van der Waals surface area contributed by atoms with Crippen molar-refractivity contribution in [3.8, 4) is 0 Å². The summed E-state index contributed by atoms with van der Waals surface area (Å²) in [5.74, 6) is 0. The molecule has 0 bridgehead atoms. The Morgan fingerprint density at radius 1 is 1.00 bits per heavy atom. The molecule has 0 radical (unpaired) electrons. The lowest BCUT2D eigenvalue weighted by molar-refractivity contribution is 0.212. The number of thiophene rings is 1. The first-order chi connectivity index (χ1) is 13.0. The minimum Gasteiger partial charge on any atom is -0.308 e. The zero-order valence-electron chi connectivity index (χ0n) is 15.2. The van der Waals surface area contributed by atoms with Gasteiger partial charge in [0.1, 0.15) is 0 Å². The highest BCUT2D eigenvalue weighted by molar-refractivity contribution is 7.54. The zero-order chi connectivity index (χ0) is 19.4. The molecule has 0 amide bonds. The summed E-state index contributed by atoms with van der Waals surface area (Å²) in [4.78, 5) is 0.942. The molecule has 3 aromatic rings. The highest BCUT2D eigenvalue weighted by Crippen LogP contribution is 2.63. The lowest BCUT2D eigenvalue weighted by atomic mass is 10.1. The van der Waals surface area contributed by atoms with E-state index in [1.54, 1.807) is 29.5 Å². The van der Waals surface area contributed by atoms with Gasteiger partial charge in [-0.3, -0.25) is 4.57 Å². The summed E-state index contributed by atoms with van der Waals surface area (Å²) >= 11 is 14.4. The van der Waals surface area contributed by atoms with Crippen LogP contribution in [0.15, 0.2) is 48.5 Å². The van der Waals surface area contributed by atoms with E-state index in [1.807, 2.05) is 32.0 Å². The van der Waals surface area contributed by atoms with E-state index in [0.29, 0.717) is 29.7 Å². The molecule has 0 aliphatic carbocycles. The van der Waals surface area contributed by atoms with Gasteiger partial charge in [0.2, 0.25) is 0 Å². The van der Waals surface area contributed by atoms with Gasteiger partial charge in [0.25, 0.3) is 0 Å². The Hall–Kier alpha value is -0.870. The fraction of sp³-hybridized carbons (Fsp3) is 0.300. The summed E-state index contributed by atoms with van der Waals surface area (Å²) in [5, 5.41) is 2.20. The van der Waals surface area contributed by atoms with Crippen LogP contribution in [0.5, 0.6) is 0 Å². The van der Waals surface area contributed by atoms with Gasteiger partial charge in [-0.05, 0) is 55.5 Å². The molecule has 1 unspecified atom stereocenters. The Balaban J connectivity index is 2.12. The average Bonchev–Trinajstić information content (AvgIpc) is 3.05. The van der Waals surface area contributed by atoms with Gasteiger partial charge in [-0.2, -0.15) is 0 Å². The highest BCUT2D eigenvalue weighted by Gasteiger charge is 2.38. The van der Waals surface area contributed by atoms with Gasteiger partial charge in [-0.1, -0.05) is 47.5 Å². The molecule has 144 valence electrons. The van der Waals surface area contributed by atoms with Crippen LogP contribution in [0.2, 0.25) is 10.0 Å². The molecule has 2 aromatic carbocycles. The SMILES string of the molecule is CCOP(=O)(OCC)C(Cc1c(Cl)cccc1Cl)c1cc2ccccc2s1. The molecular formula is C20H21Cl2O3PS. The third-order valence-electron chi connectivity index (χ3n) is 4.23. The predicted octanol–water partition coefficient (Wildman–Crippen LogP) is 7.76. The Labute approximate surface area is 173 Å². The number of hydrogen-bond acceptors (Lipinski definition) is 4. The van der Waals surface area contributed by atoms with E-state index in [0.717, 1.165) is 20.5 Å². The van der Waals surface area contributed by atoms with Gasteiger partial charge in [-0.25, -0.2) is 0 Å². The minimum atomic E-state index is -3.42. The number of fused-ring (bicyclic) bond motifs is 1. The lowest BCUT2D eigenvalue weighted by Gasteiger charge is -2.26. The topological polar surface area (TPSA) is 35.5 Å². The fourth-order valence-electron chi connectivity index (χ4n) is 3.03. The van der Waals surface area contributed by atoms with Crippen LogP contribution in [0, 0.1) is 0 Å². The summed E-state index contributed by atoms with van der Waals surface area (Å²) in [5.41, 5.74) is 0.273. The van der Waals surface area contributed by atoms with Crippen LogP contribution in [0.3, 0.4) is 0 Å². The molecule has 0 fully saturated rings. The number of halogens is 2. The molecule has 0 saturated carbocycles. The molecule has 1 atom stereocenters. The second-order valence-corrected chi connectivity index (χ2v) is 10.1. The average molecular weight is 443 g/mol. The molecule has 0 N–H and O–H groups in total. The van der Waals surface area contributed by atoms with Gasteiger partial charge >= 0.3 is 7.60 Å². The molecule has 1 heterocycles. The summed E-state index contributed by atoms with van der Waals surface area (Å²) in [6.45, 7) is 4.23. The first-order valence-electron chi connectivity index (χ1n) is 8.78. The second-order valence-electron chi connectivity index (χ2n) is 5.98. The van der Waals surface area contributed by atoms with Crippen molar-refractivity contribution in [2.24, 2.45) is 0 Å². The van der Waals surface area contributed by atoms with Gasteiger partial charge in [0, 0.05) is 19.6 Å². The van der Waals surface area contributed by atoms with Gasteiger partial charge in [0.15, 0.2) is 0 Å². The van der Waals surface area contributed by atoms with Crippen LogP contribution in [0.25, 0.3) is 10.1 Å². The van der Waals surface area contributed by atoms with Crippen molar-refractivity contribution in [1.82, 2.24) is 0 Å².